The second kappa shape index (κ2) is 5.02. The van der Waals surface area contributed by atoms with Crippen LogP contribution in [0.5, 0.6) is 0 Å². The molecule has 1 aromatic heterocycles. The first-order valence-electron chi connectivity index (χ1n) is 8.20. The quantitative estimate of drug-likeness (QED) is 0.809. The Kier molecular flexibility index (Phi) is 3.14. The van der Waals surface area contributed by atoms with Crippen LogP contribution in [-0.4, -0.2) is 16.5 Å². The van der Waals surface area contributed by atoms with E-state index in [0.717, 1.165) is 35.3 Å². The molecule has 0 spiro atoms. The minimum atomic E-state index is -0.123. The molecule has 2 bridgehead atoms. The van der Waals surface area contributed by atoms with Crippen molar-refractivity contribution in [1.82, 2.24) is 15.3 Å². The van der Waals surface area contributed by atoms with Gasteiger partial charge in [0.2, 0.25) is 0 Å². The van der Waals surface area contributed by atoms with Crippen molar-refractivity contribution in [2.75, 3.05) is 6.54 Å². The Balaban J connectivity index is 1.69. The van der Waals surface area contributed by atoms with Crippen molar-refractivity contribution in [1.29, 1.82) is 0 Å². The van der Waals surface area contributed by atoms with Crippen LogP contribution >= 0.6 is 0 Å². The van der Waals surface area contributed by atoms with Crippen LogP contribution in [0, 0.1) is 17.8 Å². The predicted octanol–water partition coefficient (Wildman–Crippen LogP) is 2.94. The summed E-state index contributed by atoms with van der Waals surface area (Å²) < 4.78 is 0. The van der Waals surface area contributed by atoms with Crippen molar-refractivity contribution in [3.05, 3.63) is 34.2 Å². The van der Waals surface area contributed by atoms with Crippen LogP contribution < -0.4 is 11.0 Å². The smallest absolute Gasteiger partial charge is 0.310 e. The van der Waals surface area contributed by atoms with Crippen LogP contribution in [0.25, 0.3) is 11.0 Å². The highest BCUT2D eigenvalue weighted by Gasteiger charge is 2.43. The number of rotatable bonds is 4. The fourth-order valence-corrected chi connectivity index (χ4v) is 4.68. The monoisotopic (exact) mass is 285 g/mol. The molecule has 0 amide bonds. The molecule has 4 rings (SSSR count). The zero-order valence-electron chi connectivity index (χ0n) is 12.5. The van der Waals surface area contributed by atoms with E-state index in [1.807, 2.05) is 6.07 Å². The van der Waals surface area contributed by atoms with Gasteiger partial charge in [-0.05, 0) is 61.3 Å². The molecule has 2 aliphatic carbocycles. The average Bonchev–Trinajstić information content (AvgIpc) is 3.17. The molecule has 21 heavy (non-hydrogen) atoms. The van der Waals surface area contributed by atoms with Crippen LogP contribution in [0.15, 0.2) is 23.0 Å². The second-order valence-corrected chi connectivity index (χ2v) is 6.76. The summed E-state index contributed by atoms with van der Waals surface area (Å²) in [4.78, 5) is 17.1. The van der Waals surface area contributed by atoms with Crippen molar-refractivity contribution in [2.45, 2.75) is 38.6 Å². The normalized spacial score (nSPS) is 29.3. The maximum Gasteiger partial charge on any atom is 0.323 e. The lowest BCUT2D eigenvalue weighted by molar-refractivity contribution is 0.253. The van der Waals surface area contributed by atoms with E-state index in [2.05, 4.69) is 34.3 Å². The molecule has 112 valence electrons. The van der Waals surface area contributed by atoms with Gasteiger partial charge >= 0.3 is 5.69 Å². The average molecular weight is 285 g/mol. The van der Waals surface area contributed by atoms with Crippen LogP contribution in [0.4, 0.5) is 0 Å². The van der Waals surface area contributed by atoms with E-state index in [4.69, 9.17) is 0 Å². The van der Waals surface area contributed by atoms with Gasteiger partial charge in [-0.2, -0.15) is 0 Å². The van der Waals surface area contributed by atoms with Crippen LogP contribution in [0.3, 0.4) is 0 Å². The molecule has 1 aromatic carbocycles. The lowest BCUT2D eigenvalue weighted by Crippen LogP contribution is -2.31. The van der Waals surface area contributed by atoms with Gasteiger partial charge in [-0.15, -0.1) is 0 Å². The molecule has 4 nitrogen and oxygen atoms in total. The number of H-pyrrole nitrogens is 2. The summed E-state index contributed by atoms with van der Waals surface area (Å²) >= 11 is 0. The highest BCUT2D eigenvalue weighted by Crippen LogP contribution is 2.52. The molecule has 1 heterocycles. The maximum absolute atomic E-state index is 11.4. The van der Waals surface area contributed by atoms with E-state index >= 15 is 0 Å². The van der Waals surface area contributed by atoms with Gasteiger partial charge in [0.15, 0.2) is 0 Å². The third kappa shape index (κ3) is 2.22. The fraction of sp³-hybridized carbons (Fsp3) is 0.588. The molecule has 4 heteroatoms. The van der Waals surface area contributed by atoms with Gasteiger partial charge in [0.1, 0.15) is 0 Å². The number of imidazole rings is 1. The molecular formula is C17H23N3O. The molecule has 3 N–H and O–H groups in total. The third-order valence-corrected chi connectivity index (χ3v) is 5.54. The topological polar surface area (TPSA) is 60.7 Å². The number of aromatic amines is 2. The number of aromatic nitrogens is 2. The second-order valence-electron chi connectivity index (χ2n) is 6.76. The van der Waals surface area contributed by atoms with Gasteiger partial charge in [-0.1, -0.05) is 19.4 Å². The van der Waals surface area contributed by atoms with Crippen molar-refractivity contribution >= 4 is 11.0 Å². The van der Waals surface area contributed by atoms with E-state index in [1.54, 1.807) is 0 Å². The Bertz CT molecular complexity index is 701. The summed E-state index contributed by atoms with van der Waals surface area (Å²) in [7, 11) is 0. The lowest BCUT2D eigenvalue weighted by Gasteiger charge is -2.31. The van der Waals surface area contributed by atoms with Crippen molar-refractivity contribution in [2.24, 2.45) is 17.8 Å². The first kappa shape index (κ1) is 13.1. The van der Waals surface area contributed by atoms with Crippen LogP contribution in [0.2, 0.25) is 0 Å². The minimum absolute atomic E-state index is 0.123. The summed E-state index contributed by atoms with van der Waals surface area (Å²) in [6.07, 6.45) is 5.63. The summed E-state index contributed by atoms with van der Waals surface area (Å²) in [6, 6.07) is 6.77. The number of hydrogen-bond acceptors (Lipinski definition) is 2. The zero-order valence-corrected chi connectivity index (χ0v) is 12.5. The zero-order chi connectivity index (χ0) is 14.4. The van der Waals surface area contributed by atoms with Gasteiger partial charge in [0.05, 0.1) is 11.0 Å². The maximum atomic E-state index is 11.4. The van der Waals surface area contributed by atoms with Crippen molar-refractivity contribution in [3.63, 3.8) is 0 Å². The molecule has 0 aliphatic heterocycles. The standard InChI is InChI=1S/C17H23N3O/c1-2-18-16(13-8-10-3-4-11(13)7-10)12-5-6-14-15(9-12)20-17(21)19-14/h5-6,9-11,13,16,18H,2-4,7-8H2,1H3,(H2,19,20,21). The van der Waals surface area contributed by atoms with Crippen LogP contribution in [-0.2, 0) is 0 Å². The number of fused-ring (bicyclic) bond motifs is 3. The summed E-state index contributed by atoms with van der Waals surface area (Å²) in [5.74, 6) is 2.60. The highest BCUT2D eigenvalue weighted by molar-refractivity contribution is 5.75. The largest absolute Gasteiger partial charge is 0.323 e. The molecule has 0 radical (unpaired) electrons. The molecule has 2 aromatic rings. The molecule has 2 saturated carbocycles. The van der Waals surface area contributed by atoms with E-state index in [9.17, 15) is 4.79 Å². The van der Waals surface area contributed by atoms with E-state index in [0.29, 0.717) is 6.04 Å². The van der Waals surface area contributed by atoms with Crippen molar-refractivity contribution < 1.29 is 0 Å². The van der Waals surface area contributed by atoms with E-state index < -0.39 is 0 Å². The Morgan fingerprint density at radius 2 is 2.10 bits per heavy atom. The van der Waals surface area contributed by atoms with Gasteiger partial charge in [0.25, 0.3) is 0 Å². The Morgan fingerprint density at radius 3 is 2.81 bits per heavy atom. The predicted molar refractivity (Wildman–Crippen MR) is 84.3 cm³/mol. The Labute approximate surface area is 124 Å². The molecular weight excluding hydrogens is 262 g/mol. The number of benzene rings is 1. The highest BCUT2D eigenvalue weighted by atomic mass is 16.1. The van der Waals surface area contributed by atoms with Gasteiger partial charge in [0, 0.05) is 6.04 Å². The Hall–Kier alpha value is -1.55. The molecule has 2 fully saturated rings. The van der Waals surface area contributed by atoms with Crippen LogP contribution in [0.1, 0.15) is 44.2 Å². The molecule has 4 unspecified atom stereocenters. The fourth-order valence-electron chi connectivity index (χ4n) is 4.68. The summed E-state index contributed by atoms with van der Waals surface area (Å²) in [5, 5.41) is 3.69. The molecule has 2 aliphatic rings. The third-order valence-electron chi connectivity index (χ3n) is 5.54. The minimum Gasteiger partial charge on any atom is -0.310 e. The lowest BCUT2D eigenvalue weighted by atomic mass is 9.80. The van der Waals surface area contributed by atoms with Gasteiger partial charge in [-0.25, -0.2) is 4.79 Å². The van der Waals surface area contributed by atoms with Gasteiger partial charge in [-0.3, -0.25) is 0 Å². The van der Waals surface area contributed by atoms with Crippen molar-refractivity contribution in [3.8, 4) is 0 Å². The number of hydrogen-bond donors (Lipinski definition) is 3. The summed E-state index contributed by atoms with van der Waals surface area (Å²) in [5.41, 5.74) is 3.01. The SMILES string of the molecule is CCNC(c1ccc2[nH]c(=O)[nH]c2c1)C1CC2CCC1C2. The number of nitrogens with one attached hydrogen (secondary N) is 3. The Morgan fingerprint density at radius 1 is 1.24 bits per heavy atom. The molecule has 0 saturated heterocycles. The first-order chi connectivity index (χ1) is 10.2. The van der Waals surface area contributed by atoms with E-state index in [1.165, 1.54) is 31.2 Å². The van der Waals surface area contributed by atoms with E-state index in [-0.39, 0.29) is 5.69 Å². The molecule has 4 atom stereocenters. The summed E-state index contributed by atoms with van der Waals surface area (Å²) in [6.45, 7) is 3.16. The van der Waals surface area contributed by atoms with Gasteiger partial charge < -0.3 is 15.3 Å². The first-order valence-corrected chi connectivity index (χ1v) is 8.20.